The van der Waals surface area contributed by atoms with Crippen LogP contribution in [0.5, 0.6) is 0 Å². The van der Waals surface area contributed by atoms with Gasteiger partial charge in [-0.1, -0.05) is 13.8 Å². The monoisotopic (exact) mass is 269 g/mol. The molecule has 4 nitrogen and oxygen atoms in total. The zero-order valence-electron chi connectivity index (χ0n) is 12.8. The van der Waals surface area contributed by atoms with Crippen molar-refractivity contribution in [1.29, 1.82) is 0 Å². The van der Waals surface area contributed by atoms with Crippen molar-refractivity contribution in [3.05, 3.63) is 0 Å². The molecule has 19 heavy (non-hydrogen) atoms. The van der Waals surface area contributed by atoms with Gasteiger partial charge in [-0.25, -0.2) is 0 Å². The van der Waals surface area contributed by atoms with Gasteiger partial charge in [-0.15, -0.1) is 0 Å². The van der Waals surface area contributed by atoms with Crippen molar-refractivity contribution >= 4 is 0 Å². The highest BCUT2D eigenvalue weighted by molar-refractivity contribution is 4.84. The first-order valence-corrected chi connectivity index (χ1v) is 7.86. The fraction of sp³-hybridized carbons (Fsp3) is 1.00. The molecule has 0 aromatic rings. The van der Waals surface area contributed by atoms with Crippen molar-refractivity contribution in [2.24, 2.45) is 17.6 Å². The summed E-state index contributed by atoms with van der Waals surface area (Å²) in [5, 5.41) is 0. The lowest BCUT2D eigenvalue weighted by Crippen LogP contribution is -2.48. The molecule has 0 amide bonds. The van der Waals surface area contributed by atoms with Gasteiger partial charge in [-0.05, 0) is 31.7 Å². The van der Waals surface area contributed by atoms with E-state index in [1.54, 1.807) is 0 Å². The molecule has 0 aliphatic carbocycles. The Hall–Kier alpha value is -0.160. The molecule has 2 fully saturated rings. The molecule has 2 rings (SSSR count). The smallest absolute Gasteiger partial charge is 0.0829 e. The SMILES string of the molecule is CC(C)CN1CCOC(CN2CCC(C(C)N)C2)C1. The zero-order chi connectivity index (χ0) is 13.8. The van der Waals surface area contributed by atoms with Crippen LogP contribution in [0.3, 0.4) is 0 Å². The summed E-state index contributed by atoms with van der Waals surface area (Å²) in [7, 11) is 0. The molecule has 2 heterocycles. The molecule has 2 aliphatic heterocycles. The number of hydrogen-bond acceptors (Lipinski definition) is 4. The van der Waals surface area contributed by atoms with E-state index in [0.29, 0.717) is 18.1 Å². The Morgan fingerprint density at radius 2 is 1.95 bits per heavy atom. The van der Waals surface area contributed by atoms with Gasteiger partial charge in [0.05, 0.1) is 12.7 Å². The second-order valence-electron chi connectivity index (χ2n) is 6.81. The van der Waals surface area contributed by atoms with Crippen molar-refractivity contribution in [2.75, 3.05) is 45.9 Å². The standard InChI is InChI=1S/C15H31N3O/c1-12(2)8-18-6-7-19-15(11-18)10-17-5-4-14(9-17)13(3)16/h12-15H,4-11,16H2,1-3H3. The molecule has 0 bridgehead atoms. The molecular weight excluding hydrogens is 238 g/mol. The van der Waals surface area contributed by atoms with E-state index >= 15 is 0 Å². The molecule has 0 radical (unpaired) electrons. The van der Waals surface area contributed by atoms with Crippen LogP contribution in [0.4, 0.5) is 0 Å². The quantitative estimate of drug-likeness (QED) is 0.809. The van der Waals surface area contributed by atoms with E-state index < -0.39 is 0 Å². The first-order chi connectivity index (χ1) is 9.04. The maximum Gasteiger partial charge on any atom is 0.0829 e. The zero-order valence-corrected chi connectivity index (χ0v) is 12.8. The Balaban J connectivity index is 1.74. The number of rotatable bonds is 5. The Morgan fingerprint density at radius 1 is 1.16 bits per heavy atom. The first-order valence-electron chi connectivity index (χ1n) is 7.86. The molecule has 4 heteroatoms. The summed E-state index contributed by atoms with van der Waals surface area (Å²) in [6.07, 6.45) is 1.64. The van der Waals surface area contributed by atoms with Crippen LogP contribution >= 0.6 is 0 Å². The molecule has 0 spiro atoms. The largest absolute Gasteiger partial charge is 0.374 e. The van der Waals surface area contributed by atoms with Gasteiger partial charge in [0.2, 0.25) is 0 Å². The number of nitrogens with zero attached hydrogens (tertiary/aromatic N) is 2. The summed E-state index contributed by atoms with van der Waals surface area (Å²) in [4.78, 5) is 5.09. The highest BCUT2D eigenvalue weighted by atomic mass is 16.5. The van der Waals surface area contributed by atoms with Crippen LogP contribution in [0.1, 0.15) is 27.2 Å². The minimum Gasteiger partial charge on any atom is -0.374 e. The van der Waals surface area contributed by atoms with E-state index in [-0.39, 0.29) is 0 Å². The molecule has 2 saturated heterocycles. The third kappa shape index (κ3) is 4.71. The summed E-state index contributed by atoms with van der Waals surface area (Å²) in [6, 6.07) is 0.328. The Morgan fingerprint density at radius 3 is 2.58 bits per heavy atom. The lowest BCUT2D eigenvalue weighted by Gasteiger charge is -2.35. The van der Waals surface area contributed by atoms with Gasteiger partial charge in [-0.2, -0.15) is 0 Å². The second kappa shape index (κ2) is 7.02. The normalized spacial score (nSPS) is 32.1. The second-order valence-corrected chi connectivity index (χ2v) is 6.81. The van der Waals surface area contributed by atoms with Crippen molar-refractivity contribution in [1.82, 2.24) is 9.80 Å². The summed E-state index contributed by atoms with van der Waals surface area (Å²) in [5.41, 5.74) is 6.00. The number of ether oxygens (including phenoxy) is 1. The van der Waals surface area contributed by atoms with Gasteiger partial charge in [0.15, 0.2) is 0 Å². The highest BCUT2D eigenvalue weighted by Crippen LogP contribution is 2.20. The summed E-state index contributed by atoms with van der Waals surface area (Å²) >= 11 is 0. The average Bonchev–Trinajstić information content (AvgIpc) is 2.77. The molecule has 3 atom stereocenters. The summed E-state index contributed by atoms with van der Waals surface area (Å²) in [6.45, 7) is 14.4. The topological polar surface area (TPSA) is 41.7 Å². The van der Waals surface area contributed by atoms with Crippen LogP contribution in [-0.4, -0.2) is 67.8 Å². The lowest BCUT2D eigenvalue weighted by atomic mass is 10.0. The Labute approximate surface area is 118 Å². The first kappa shape index (κ1) is 15.2. The van der Waals surface area contributed by atoms with E-state index in [0.717, 1.165) is 38.7 Å². The molecule has 0 aromatic carbocycles. The third-order valence-electron chi connectivity index (χ3n) is 4.36. The van der Waals surface area contributed by atoms with E-state index in [2.05, 4.69) is 30.6 Å². The molecule has 2 aliphatic rings. The van der Waals surface area contributed by atoms with E-state index in [9.17, 15) is 0 Å². The fourth-order valence-electron chi connectivity index (χ4n) is 3.32. The molecule has 112 valence electrons. The van der Waals surface area contributed by atoms with E-state index in [4.69, 9.17) is 10.5 Å². The predicted octanol–water partition coefficient (Wildman–Crippen LogP) is 1.01. The fourth-order valence-corrected chi connectivity index (χ4v) is 3.32. The summed E-state index contributed by atoms with van der Waals surface area (Å²) in [5.74, 6) is 1.42. The molecule has 2 N–H and O–H groups in total. The van der Waals surface area contributed by atoms with Gasteiger partial charge in [0.1, 0.15) is 0 Å². The van der Waals surface area contributed by atoms with Crippen LogP contribution in [-0.2, 0) is 4.74 Å². The number of morpholine rings is 1. The maximum absolute atomic E-state index is 6.00. The van der Waals surface area contributed by atoms with Crippen LogP contribution in [0.25, 0.3) is 0 Å². The number of likely N-dealkylation sites (tertiary alicyclic amines) is 1. The Bertz CT molecular complexity index is 270. The van der Waals surface area contributed by atoms with Crippen molar-refractivity contribution < 1.29 is 4.74 Å². The van der Waals surface area contributed by atoms with Crippen LogP contribution in [0.2, 0.25) is 0 Å². The van der Waals surface area contributed by atoms with Crippen LogP contribution in [0, 0.1) is 11.8 Å². The molecular formula is C15H31N3O. The number of hydrogen-bond donors (Lipinski definition) is 1. The van der Waals surface area contributed by atoms with E-state index in [1.165, 1.54) is 19.5 Å². The Kier molecular flexibility index (Phi) is 5.63. The van der Waals surface area contributed by atoms with Crippen molar-refractivity contribution in [3.8, 4) is 0 Å². The van der Waals surface area contributed by atoms with Gasteiger partial charge in [-0.3, -0.25) is 4.90 Å². The third-order valence-corrected chi connectivity index (χ3v) is 4.36. The predicted molar refractivity (Wildman–Crippen MR) is 79.2 cm³/mol. The number of nitrogens with two attached hydrogens (primary N) is 1. The minimum absolute atomic E-state index is 0.328. The van der Waals surface area contributed by atoms with Gasteiger partial charge in [0, 0.05) is 38.8 Å². The van der Waals surface area contributed by atoms with Gasteiger partial charge in [0.25, 0.3) is 0 Å². The maximum atomic E-state index is 6.00. The van der Waals surface area contributed by atoms with Crippen LogP contribution in [0.15, 0.2) is 0 Å². The van der Waals surface area contributed by atoms with Crippen LogP contribution < -0.4 is 5.73 Å². The average molecular weight is 269 g/mol. The molecule has 0 aromatic heterocycles. The molecule has 0 saturated carbocycles. The lowest BCUT2D eigenvalue weighted by molar-refractivity contribution is -0.0439. The van der Waals surface area contributed by atoms with Gasteiger partial charge >= 0.3 is 0 Å². The minimum atomic E-state index is 0.328. The van der Waals surface area contributed by atoms with E-state index in [1.807, 2.05) is 0 Å². The summed E-state index contributed by atoms with van der Waals surface area (Å²) < 4.78 is 5.93. The highest BCUT2D eigenvalue weighted by Gasteiger charge is 2.29. The van der Waals surface area contributed by atoms with Gasteiger partial charge < -0.3 is 15.4 Å². The van der Waals surface area contributed by atoms with Crippen molar-refractivity contribution in [3.63, 3.8) is 0 Å². The molecule has 3 unspecified atom stereocenters. The van der Waals surface area contributed by atoms with Crippen molar-refractivity contribution in [2.45, 2.75) is 39.3 Å².